The van der Waals surface area contributed by atoms with Gasteiger partial charge in [0.05, 0.1) is 0 Å². The number of rotatable bonds is 16. The lowest BCUT2D eigenvalue weighted by molar-refractivity contribution is -0.189. The summed E-state index contributed by atoms with van der Waals surface area (Å²) in [5, 5.41) is 0. The van der Waals surface area contributed by atoms with E-state index < -0.39 is 32.7 Å². The van der Waals surface area contributed by atoms with E-state index in [4.69, 9.17) is 25.7 Å². The first-order chi connectivity index (χ1) is 17.8. The second-order valence-corrected chi connectivity index (χ2v) is 8.68. The lowest BCUT2D eigenvalue weighted by atomic mass is 10.1. The van der Waals surface area contributed by atoms with Crippen LogP contribution in [0.4, 0.5) is 0 Å². The molecule has 1 atom stereocenters. The number of hydrogen-bond acceptors (Lipinski definition) is 6. The van der Waals surface area contributed by atoms with Crippen molar-refractivity contribution >= 4 is 19.8 Å². The number of phosphoric ester groups is 1. The highest BCUT2D eigenvalue weighted by molar-refractivity contribution is 7.46. The van der Waals surface area contributed by atoms with E-state index in [2.05, 4.69) is 70.7 Å². The van der Waals surface area contributed by atoms with Crippen molar-refractivity contribution in [2.24, 2.45) is 0 Å². The minimum absolute atomic E-state index is 0.0630. The first-order valence-corrected chi connectivity index (χ1v) is 13.4. The molecule has 0 saturated carbocycles. The van der Waals surface area contributed by atoms with E-state index in [-0.39, 0.29) is 6.42 Å². The quantitative estimate of drug-likeness (QED) is 0.0784. The predicted octanol–water partition coefficient (Wildman–Crippen LogP) is 3.47. The van der Waals surface area contributed by atoms with Crippen LogP contribution >= 0.6 is 7.82 Å². The van der Waals surface area contributed by atoms with Crippen LogP contribution in [0.25, 0.3) is 0 Å². The summed E-state index contributed by atoms with van der Waals surface area (Å²) in [4.78, 5) is 41.7. The first kappa shape index (κ1) is 33.4. The van der Waals surface area contributed by atoms with Crippen LogP contribution in [0.5, 0.6) is 0 Å². The molecule has 0 fully saturated rings. The van der Waals surface area contributed by atoms with Gasteiger partial charge in [0.1, 0.15) is 6.61 Å². The summed E-state index contributed by atoms with van der Waals surface area (Å²) < 4.78 is 25.0. The summed E-state index contributed by atoms with van der Waals surface area (Å²) in [5.74, 6) is 23.1. The predicted molar refractivity (Wildman–Crippen MR) is 138 cm³/mol. The number of carbonyl (C=O) groups excluding carboxylic acids is 2. The molecule has 8 nitrogen and oxygen atoms in total. The van der Waals surface area contributed by atoms with E-state index in [0.29, 0.717) is 6.42 Å². The molecule has 0 rings (SSSR count). The molecule has 0 saturated heterocycles. The van der Waals surface area contributed by atoms with Gasteiger partial charge in [-0.15, -0.1) is 6.42 Å². The van der Waals surface area contributed by atoms with Gasteiger partial charge in [-0.05, 0) is 65.6 Å². The van der Waals surface area contributed by atoms with Gasteiger partial charge in [0.15, 0.2) is 0 Å². The molecule has 0 radical (unpaired) electrons. The third-order valence-corrected chi connectivity index (χ3v) is 4.84. The molecular weight excluding hydrogens is 495 g/mol. The summed E-state index contributed by atoms with van der Waals surface area (Å²) in [5.41, 5.74) is 0. The first-order valence-electron chi connectivity index (χ1n) is 11.8. The van der Waals surface area contributed by atoms with Crippen LogP contribution in [-0.2, 0) is 28.2 Å². The van der Waals surface area contributed by atoms with Crippen LogP contribution in [0.15, 0.2) is 0 Å². The number of esters is 2. The number of carbonyl (C=O) groups is 2. The zero-order valence-corrected chi connectivity index (χ0v) is 21.8. The molecule has 0 heterocycles. The van der Waals surface area contributed by atoms with Gasteiger partial charge in [0.25, 0.3) is 6.29 Å². The van der Waals surface area contributed by atoms with E-state index in [0.717, 1.165) is 19.3 Å². The molecule has 0 aromatic heterocycles. The van der Waals surface area contributed by atoms with Crippen LogP contribution in [0, 0.1) is 71.5 Å². The Morgan fingerprint density at radius 3 is 1.76 bits per heavy atom. The van der Waals surface area contributed by atoms with E-state index in [9.17, 15) is 14.2 Å². The fourth-order valence-corrected chi connectivity index (χ4v) is 3.01. The van der Waals surface area contributed by atoms with Gasteiger partial charge in [-0.25, -0.2) is 9.36 Å². The zero-order valence-electron chi connectivity index (χ0n) is 20.9. The van der Waals surface area contributed by atoms with Gasteiger partial charge < -0.3 is 19.3 Å². The largest absolute Gasteiger partial charge is 0.469 e. The lowest BCUT2D eigenvalue weighted by Gasteiger charge is -2.17. The Labute approximate surface area is 219 Å². The highest BCUT2D eigenvalue weighted by Crippen LogP contribution is 2.36. The highest BCUT2D eigenvalue weighted by Gasteiger charge is 2.24. The molecule has 0 aliphatic carbocycles. The van der Waals surface area contributed by atoms with Gasteiger partial charge in [0, 0.05) is 12.3 Å². The highest BCUT2D eigenvalue weighted by atomic mass is 31.2. The Bertz CT molecular complexity index is 1120. The summed E-state index contributed by atoms with van der Waals surface area (Å²) in [6.07, 6.45) is 14.2. The Morgan fingerprint density at radius 1 is 0.757 bits per heavy atom. The maximum absolute atomic E-state index is 12.1. The van der Waals surface area contributed by atoms with Crippen molar-refractivity contribution < 1.29 is 37.9 Å². The van der Waals surface area contributed by atoms with Crippen molar-refractivity contribution in [3.05, 3.63) is 0 Å². The fourth-order valence-electron chi connectivity index (χ4n) is 2.70. The standard InChI is InChI=1S/C28H31O8P/c1-3-5-7-9-11-13-15-17-19-21-23-26(29)35-28(25-34-37(31,32)33)36-27(30)24-22-20-18-16-14-12-10-8-6-4-2/h1,28H,4,6,8,10,12,14,16,18,20,22,24-25H2,2H3,(H2,31,32,33)/t28-/m0/s1. The van der Waals surface area contributed by atoms with Gasteiger partial charge in [-0.2, -0.15) is 0 Å². The molecule has 0 aromatic rings. The van der Waals surface area contributed by atoms with Crippen molar-refractivity contribution in [2.75, 3.05) is 6.61 Å². The van der Waals surface area contributed by atoms with Crippen LogP contribution in [0.1, 0.15) is 77.6 Å². The topological polar surface area (TPSA) is 119 Å². The van der Waals surface area contributed by atoms with Gasteiger partial charge in [-0.1, -0.05) is 64.7 Å². The average Bonchev–Trinajstić information content (AvgIpc) is 2.84. The van der Waals surface area contributed by atoms with Crippen LogP contribution in [0.3, 0.4) is 0 Å². The SMILES string of the molecule is C#CC#CC#CC#CC#CC#CC(=O)O[C@H](COP(=O)(O)O)OC(=O)CCCCCCCCCCCC. The minimum atomic E-state index is -4.88. The molecule has 0 spiro atoms. The lowest BCUT2D eigenvalue weighted by Crippen LogP contribution is -2.28. The Balaban J connectivity index is 4.56. The Kier molecular flexibility index (Phi) is 20.6. The molecule has 0 unspecified atom stereocenters. The van der Waals surface area contributed by atoms with Crippen molar-refractivity contribution in [1.82, 2.24) is 0 Å². The molecule has 0 aromatic carbocycles. The van der Waals surface area contributed by atoms with Crippen LogP contribution < -0.4 is 0 Å². The van der Waals surface area contributed by atoms with E-state index in [1.54, 1.807) is 0 Å². The number of terminal acetylenes is 1. The fraction of sp³-hybridized carbons (Fsp3) is 0.500. The summed E-state index contributed by atoms with van der Waals surface area (Å²) in [7, 11) is -4.88. The zero-order chi connectivity index (χ0) is 27.6. The molecule has 2 N–H and O–H groups in total. The second-order valence-electron chi connectivity index (χ2n) is 7.44. The molecular formula is C28H31O8P. The Morgan fingerprint density at radius 2 is 1.24 bits per heavy atom. The normalized spacial score (nSPS) is 10.0. The summed E-state index contributed by atoms with van der Waals surface area (Å²) >= 11 is 0. The number of hydrogen-bond donors (Lipinski definition) is 2. The minimum Gasteiger partial charge on any atom is -0.422 e. The smallest absolute Gasteiger partial charge is 0.422 e. The molecule has 37 heavy (non-hydrogen) atoms. The monoisotopic (exact) mass is 526 g/mol. The van der Waals surface area contributed by atoms with E-state index in [1.165, 1.54) is 38.5 Å². The number of ether oxygens (including phenoxy) is 2. The summed E-state index contributed by atoms with van der Waals surface area (Å²) in [6, 6.07) is 0. The molecule has 196 valence electrons. The van der Waals surface area contributed by atoms with Crippen molar-refractivity contribution in [2.45, 2.75) is 83.8 Å². The maximum atomic E-state index is 12.1. The van der Waals surface area contributed by atoms with Crippen LogP contribution in [0.2, 0.25) is 0 Å². The second kappa shape index (κ2) is 22.8. The average molecular weight is 527 g/mol. The van der Waals surface area contributed by atoms with Crippen molar-refractivity contribution in [1.29, 1.82) is 0 Å². The molecule has 9 heteroatoms. The molecule has 0 amide bonds. The van der Waals surface area contributed by atoms with Crippen LogP contribution in [-0.4, -0.2) is 34.6 Å². The molecule has 0 aliphatic rings. The summed E-state index contributed by atoms with van der Waals surface area (Å²) in [6.45, 7) is 1.32. The van der Waals surface area contributed by atoms with Crippen molar-refractivity contribution in [3.8, 4) is 71.5 Å². The molecule has 0 aliphatic heterocycles. The third-order valence-electron chi connectivity index (χ3n) is 4.35. The van der Waals surface area contributed by atoms with Crippen molar-refractivity contribution in [3.63, 3.8) is 0 Å². The van der Waals surface area contributed by atoms with Gasteiger partial charge in [0.2, 0.25) is 0 Å². The number of phosphoric acid groups is 1. The maximum Gasteiger partial charge on any atom is 0.469 e. The molecule has 0 bridgehead atoms. The number of unbranched alkanes of at least 4 members (excludes halogenated alkanes) is 9. The third kappa shape index (κ3) is 25.3. The van der Waals surface area contributed by atoms with Gasteiger partial charge in [-0.3, -0.25) is 9.32 Å². The van der Waals surface area contributed by atoms with E-state index >= 15 is 0 Å². The van der Waals surface area contributed by atoms with Gasteiger partial charge >= 0.3 is 19.8 Å². The Hall–Kier alpha value is -3.59. The van der Waals surface area contributed by atoms with E-state index in [1.807, 2.05) is 5.92 Å².